The maximum Gasteiger partial charge on any atom is 0.248 e. The molecule has 2 aromatic carbocycles. The molecule has 1 heterocycles. The van der Waals surface area contributed by atoms with E-state index in [1.807, 2.05) is 31.2 Å². The minimum Gasteiger partial charge on any atom is -0.390 e. The van der Waals surface area contributed by atoms with Crippen LogP contribution in [0.1, 0.15) is 23.1 Å². The molecule has 1 atom stereocenters. The first-order valence-corrected chi connectivity index (χ1v) is 8.86. The van der Waals surface area contributed by atoms with Gasteiger partial charge in [0.2, 0.25) is 5.91 Å². The fraction of sp³-hybridized carbons (Fsp3) is 0.333. The normalized spacial score (nSPS) is 16.0. The van der Waals surface area contributed by atoms with Gasteiger partial charge in [0.15, 0.2) is 6.10 Å². The highest BCUT2D eigenvalue weighted by Gasteiger charge is 2.27. The van der Waals surface area contributed by atoms with Gasteiger partial charge in [-0.1, -0.05) is 41.6 Å². The van der Waals surface area contributed by atoms with E-state index in [-0.39, 0.29) is 24.4 Å². The Balaban J connectivity index is 1.67. The van der Waals surface area contributed by atoms with E-state index in [0.717, 1.165) is 22.4 Å². The fourth-order valence-corrected chi connectivity index (χ4v) is 3.11. The number of halogens is 1. The van der Waals surface area contributed by atoms with Crippen LogP contribution in [0.5, 0.6) is 0 Å². The van der Waals surface area contributed by atoms with Crippen molar-refractivity contribution in [1.29, 1.82) is 0 Å². The monoisotopic (exact) mass is 370 g/mol. The summed E-state index contributed by atoms with van der Waals surface area (Å²) < 4.78 is 18.1. The molecule has 142 valence electrons. The quantitative estimate of drug-likeness (QED) is 0.751. The van der Waals surface area contributed by atoms with Crippen LogP contribution in [0.4, 0.5) is 4.39 Å². The molecule has 0 aliphatic carbocycles. The number of carbonyl (C=O) groups is 1. The van der Waals surface area contributed by atoms with Crippen LogP contribution < -0.4 is 0 Å². The van der Waals surface area contributed by atoms with Crippen LogP contribution in [0.3, 0.4) is 0 Å². The molecule has 1 aliphatic rings. The number of ether oxygens (including phenoxy) is 1. The van der Waals surface area contributed by atoms with Crippen LogP contribution >= 0.6 is 0 Å². The van der Waals surface area contributed by atoms with E-state index in [1.165, 1.54) is 19.2 Å². The van der Waals surface area contributed by atoms with Gasteiger partial charge < -0.3 is 14.5 Å². The highest BCUT2D eigenvalue weighted by atomic mass is 19.1. The average molecular weight is 370 g/mol. The Morgan fingerprint density at radius 3 is 2.70 bits per heavy atom. The van der Waals surface area contributed by atoms with Crippen molar-refractivity contribution in [3.63, 3.8) is 0 Å². The van der Waals surface area contributed by atoms with Crippen LogP contribution in [0.15, 0.2) is 53.7 Å². The summed E-state index contributed by atoms with van der Waals surface area (Å²) in [5.41, 5.74) is 3.94. The molecule has 0 N–H and O–H groups in total. The summed E-state index contributed by atoms with van der Waals surface area (Å²) in [6.07, 6.45) is 0.409. The van der Waals surface area contributed by atoms with E-state index in [0.29, 0.717) is 19.5 Å². The molecule has 0 saturated heterocycles. The number of hydrogen-bond donors (Lipinski definition) is 0. The number of methoxy groups -OCH3 is 1. The summed E-state index contributed by atoms with van der Waals surface area (Å²) >= 11 is 0. The first-order chi connectivity index (χ1) is 13.1. The van der Waals surface area contributed by atoms with E-state index in [2.05, 4.69) is 5.16 Å². The topological polar surface area (TPSA) is 51.1 Å². The maximum absolute atomic E-state index is 13.1. The summed E-state index contributed by atoms with van der Waals surface area (Å²) in [7, 11) is 1.49. The second-order valence-corrected chi connectivity index (χ2v) is 6.62. The smallest absolute Gasteiger partial charge is 0.248 e. The van der Waals surface area contributed by atoms with Crippen molar-refractivity contribution in [1.82, 2.24) is 4.90 Å². The second kappa shape index (κ2) is 8.77. The highest BCUT2D eigenvalue weighted by Crippen LogP contribution is 2.21. The molecule has 6 heteroatoms. The maximum atomic E-state index is 13.1. The van der Waals surface area contributed by atoms with Crippen molar-refractivity contribution in [2.75, 3.05) is 20.3 Å². The zero-order valence-corrected chi connectivity index (χ0v) is 15.5. The van der Waals surface area contributed by atoms with Gasteiger partial charge in [-0.25, -0.2) is 4.39 Å². The largest absolute Gasteiger partial charge is 0.390 e. The minimum atomic E-state index is -0.302. The van der Waals surface area contributed by atoms with Gasteiger partial charge in [-0.15, -0.1) is 0 Å². The van der Waals surface area contributed by atoms with Gasteiger partial charge in [-0.3, -0.25) is 4.79 Å². The van der Waals surface area contributed by atoms with Crippen molar-refractivity contribution in [2.45, 2.75) is 26.0 Å². The van der Waals surface area contributed by atoms with Gasteiger partial charge in [-0.05, 0) is 30.2 Å². The molecular formula is C21H23FN2O3. The van der Waals surface area contributed by atoms with E-state index < -0.39 is 0 Å². The van der Waals surface area contributed by atoms with Crippen molar-refractivity contribution >= 4 is 11.6 Å². The van der Waals surface area contributed by atoms with Crippen molar-refractivity contribution in [3.8, 4) is 0 Å². The molecule has 0 unspecified atom stereocenters. The van der Waals surface area contributed by atoms with Crippen LogP contribution in [0, 0.1) is 12.7 Å². The molecule has 1 aliphatic heterocycles. The molecule has 5 nitrogen and oxygen atoms in total. The third kappa shape index (κ3) is 4.92. The average Bonchev–Trinajstić information content (AvgIpc) is 3.12. The lowest BCUT2D eigenvalue weighted by Crippen LogP contribution is -2.39. The first-order valence-electron chi connectivity index (χ1n) is 8.86. The summed E-state index contributed by atoms with van der Waals surface area (Å²) in [6.45, 7) is 2.77. The summed E-state index contributed by atoms with van der Waals surface area (Å²) in [4.78, 5) is 19.7. The SMILES string of the molecule is COCC(=O)N(Cc1ccc(F)cc1)C[C@H]1CC(c2ccccc2C)=NO1. The standard InChI is InChI=1S/C21H23FN2O3/c1-15-5-3-4-6-19(15)20-11-18(27-23-20)13-24(21(25)14-26-2)12-16-7-9-17(22)10-8-16/h3-10,18H,11-14H2,1-2H3/t18-/m1/s1. The molecule has 0 spiro atoms. The second-order valence-electron chi connectivity index (χ2n) is 6.62. The van der Waals surface area contributed by atoms with Crippen LogP contribution in [0.25, 0.3) is 0 Å². The van der Waals surface area contributed by atoms with Gasteiger partial charge >= 0.3 is 0 Å². The van der Waals surface area contributed by atoms with E-state index in [1.54, 1.807) is 17.0 Å². The Labute approximate surface area is 158 Å². The zero-order chi connectivity index (χ0) is 19.2. The number of aryl methyl sites for hydroxylation is 1. The molecular weight excluding hydrogens is 347 g/mol. The first kappa shape index (κ1) is 19.0. The minimum absolute atomic E-state index is 0.0145. The molecule has 0 aromatic heterocycles. The van der Waals surface area contributed by atoms with E-state index in [9.17, 15) is 9.18 Å². The molecule has 0 bridgehead atoms. The summed E-state index contributed by atoms with van der Waals surface area (Å²) in [6, 6.07) is 14.1. The predicted molar refractivity (Wildman–Crippen MR) is 101 cm³/mol. The Kier molecular flexibility index (Phi) is 6.19. The number of oxime groups is 1. The van der Waals surface area contributed by atoms with Crippen LogP contribution in [-0.2, 0) is 20.9 Å². The third-order valence-electron chi connectivity index (χ3n) is 4.52. The molecule has 27 heavy (non-hydrogen) atoms. The Hall–Kier alpha value is -2.73. The van der Waals surface area contributed by atoms with E-state index >= 15 is 0 Å². The lowest BCUT2D eigenvalue weighted by atomic mass is 10.0. The van der Waals surface area contributed by atoms with Gasteiger partial charge in [0.05, 0.1) is 12.3 Å². The van der Waals surface area contributed by atoms with Gasteiger partial charge in [0, 0.05) is 25.6 Å². The molecule has 0 fully saturated rings. The third-order valence-corrected chi connectivity index (χ3v) is 4.52. The Morgan fingerprint density at radius 2 is 2.00 bits per heavy atom. The van der Waals surface area contributed by atoms with Crippen LogP contribution in [-0.4, -0.2) is 42.9 Å². The van der Waals surface area contributed by atoms with Crippen molar-refractivity contribution < 1.29 is 18.8 Å². The molecule has 3 rings (SSSR count). The lowest BCUT2D eigenvalue weighted by Gasteiger charge is -2.24. The number of benzene rings is 2. The van der Waals surface area contributed by atoms with Crippen molar-refractivity contribution in [3.05, 3.63) is 71.0 Å². The fourth-order valence-electron chi connectivity index (χ4n) is 3.11. The molecule has 1 amide bonds. The van der Waals surface area contributed by atoms with Gasteiger partial charge in [0.1, 0.15) is 12.4 Å². The number of rotatable bonds is 7. The summed E-state index contributed by atoms with van der Waals surface area (Å²) in [5.74, 6) is -0.446. The van der Waals surface area contributed by atoms with E-state index in [4.69, 9.17) is 9.57 Å². The predicted octanol–water partition coefficient (Wildman–Crippen LogP) is 3.30. The zero-order valence-electron chi connectivity index (χ0n) is 15.5. The van der Waals surface area contributed by atoms with Crippen molar-refractivity contribution in [2.24, 2.45) is 5.16 Å². The van der Waals surface area contributed by atoms with Gasteiger partial charge in [-0.2, -0.15) is 0 Å². The Bertz CT molecular complexity index is 820. The van der Waals surface area contributed by atoms with Crippen LogP contribution in [0.2, 0.25) is 0 Å². The number of hydrogen-bond acceptors (Lipinski definition) is 4. The number of amides is 1. The lowest BCUT2D eigenvalue weighted by molar-refractivity contribution is -0.137. The highest BCUT2D eigenvalue weighted by molar-refractivity contribution is 6.02. The number of carbonyl (C=O) groups excluding carboxylic acids is 1. The van der Waals surface area contributed by atoms with Gasteiger partial charge in [0.25, 0.3) is 0 Å². The Morgan fingerprint density at radius 1 is 1.26 bits per heavy atom. The molecule has 0 saturated carbocycles. The molecule has 2 aromatic rings. The summed E-state index contributed by atoms with van der Waals surface area (Å²) in [5, 5.41) is 4.22. The molecule has 0 radical (unpaired) electrons. The number of nitrogens with zero attached hydrogens (tertiary/aromatic N) is 2.